The summed E-state index contributed by atoms with van der Waals surface area (Å²) in [6.45, 7) is 8.28. The molecule has 0 saturated carbocycles. The topological polar surface area (TPSA) is 71.4 Å². The van der Waals surface area contributed by atoms with E-state index in [1.54, 1.807) is 10.8 Å². The molecule has 3 heterocycles. The summed E-state index contributed by atoms with van der Waals surface area (Å²) in [6, 6.07) is 6.25. The Balaban J connectivity index is 1.31. The van der Waals surface area contributed by atoms with E-state index in [0.29, 0.717) is 18.1 Å². The van der Waals surface area contributed by atoms with Crippen LogP contribution in [0.1, 0.15) is 31.7 Å². The number of rotatable bonds is 7. The van der Waals surface area contributed by atoms with Gasteiger partial charge in [0.2, 0.25) is 0 Å². The van der Waals surface area contributed by atoms with Crippen LogP contribution in [0.15, 0.2) is 29.2 Å². The van der Waals surface area contributed by atoms with Gasteiger partial charge < -0.3 is 20.3 Å². The molecule has 2 aromatic rings. The monoisotopic (exact) mass is 383 g/mol. The highest BCUT2D eigenvalue weighted by Gasteiger charge is 2.19. The SMILES string of the molecule is CCn1cc2c(nc1=O)Nc1cc(CCCCCN3CCNCC3)ccc1O2. The lowest BCUT2D eigenvalue weighted by atomic mass is 10.1. The van der Waals surface area contributed by atoms with E-state index in [2.05, 4.69) is 32.7 Å². The van der Waals surface area contributed by atoms with E-state index < -0.39 is 0 Å². The highest BCUT2D eigenvalue weighted by atomic mass is 16.5. The van der Waals surface area contributed by atoms with E-state index in [0.717, 1.165) is 30.9 Å². The van der Waals surface area contributed by atoms with Gasteiger partial charge in [-0.25, -0.2) is 4.79 Å². The van der Waals surface area contributed by atoms with Gasteiger partial charge in [-0.05, 0) is 50.4 Å². The quantitative estimate of drug-likeness (QED) is 0.612. The molecule has 2 aliphatic rings. The molecule has 150 valence electrons. The van der Waals surface area contributed by atoms with Gasteiger partial charge in [0.1, 0.15) is 0 Å². The lowest BCUT2D eigenvalue weighted by Gasteiger charge is -2.27. The molecule has 2 aliphatic heterocycles. The van der Waals surface area contributed by atoms with E-state index in [1.807, 2.05) is 13.0 Å². The molecule has 7 nitrogen and oxygen atoms in total. The fourth-order valence-electron chi connectivity index (χ4n) is 3.81. The standard InChI is InChI=1S/C21H29N5O2/c1-2-26-15-19-20(24-21(26)27)23-17-14-16(7-8-18(17)28-19)6-4-3-5-11-25-12-9-22-10-13-25/h7-8,14-15,22H,2-6,9-13H2,1H3,(H,23,24,27). The molecule has 1 saturated heterocycles. The van der Waals surface area contributed by atoms with Crippen molar-refractivity contribution < 1.29 is 4.74 Å². The second kappa shape index (κ2) is 8.75. The molecule has 0 radical (unpaired) electrons. The van der Waals surface area contributed by atoms with Gasteiger partial charge in [0, 0.05) is 32.7 Å². The number of hydrogen-bond acceptors (Lipinski definition) is 6. The van der Waals surface area contributed by atoms with Crippen molar-refractivity contribution >= 4 is 11.5 Å². The van der Waals surface area contributed by atoms with Gasteiger partial charge in [-0.15, -0.1) is 0 Å². The molecule has 0 spiro atoms. The molecule has 1 fully saturated rings. The van der Waals surface area contributed by atoms with Gasteiger partial charge >= 0.3 is 5.69 Å². The van der Waals surface area contributed by atoms with E-state index in [-0.39, 0.29) is 5.69 Å². The Hall–Kier alpha value is -2.38. The minimum absolute atomic E-state index is 0.263. The van der Waals surface area contributed by atoms with Crippen molar-refractivity contribution in [2.24, 2.45) is 0 Å². The molecule has 0 bridgehead atoms. The number of nitrogens with one attached hydrogen (secondary N) is 2. The normalized spacial score (nSPS) is 16.0. The first-order valence-corrected chi connectivity index (χ1v) is 10.4. The predicted molar refractivity (Wildman–Crippen MR) is 111 cm³/mol. The number of unbranched alkanes of at least 4 members (excludes halogenated alkanes) is 2. The lowest BCUT2D eigenvalue weighted by molar-refractivity contribution is 0.236. The van der Waals surface area contributed by atoms with Crippen molar-refractivity contribution in [3.05, 3.63) is 40.4 Å². The molecule has 1 aromatic carbocycles. The number of hydrogen-bond donors (Lipinski definition) is 2. The van der Waals surface area contributed by atoms with Crippen molar-refractivity contribution in [2.45, 2.75) is 39.2 Å². The molecule has 0 atom stereocenters. The fourth-order valence-corrected chi connectivity index (χ4v) is 3.81. The predicted octanol–water partition coefficient (Wildman–Crippen LogP) is 2.73. The smallest absolute Gasteiger partial charge is 0.349 e. The second-order valence-electron chi connectivity index (χ2n) is 7.48. The molecular weight excluding hydrogens is 354 g/mol. The second-order valence-corrected chi connectivity index (χ2v) is 7.48. The number of piperazine rings is 1. The first-order valence-electron chi connectivity index (χ1n) is 10.4. The third-order valence-corrected chi connectivity index (χ3v) is 5.47. The number of anilines is 2. The number of benzene rings is 1. The van der Waals surface area contributed by atoms with E-state index in [4.69, 9.17) is 4.74 Å². The molecule has 0 amide bonds. The van der Waals surface area contributed by atoms with Crippen LogP contribution in [-0.4, -0.2) is 47.2 Å². The van der Waals surface area contributed by atoms with Gasteiger partial charge in [-0.1, -0.05) is 12.5 Å². The Labute approximate surface area is 165 Å². The van der Waals surface area contributed by atoms with Crippen LogP contribution >= 0.6 is 0 Å². The summed E-state index contributed by atoms with van der Waals surface area (Å²) in [6.07, 6.45) is 6.45. The van der Waals surface area contributed by atoms with Crippen LogP contribution in [-0.2, 0) is 13.0 Å². The maximum Gasteiger partial charge on any atom is 0.349 e. The van der Waals surface area contributed by atoms with Crippen LogP contribution in [0, 0.1) is 0 Å². The van der Waals surface area contributed by atoms with Crippen LogP contribution < -0.4 is 21.1 Å². The van der Waals surface area contributed by atoms with Crippen molar-refractivity contribution in [1.29, 1.82) is 0 Å². The van der Waals surface area contributed by atoms with E-state index in [1.165, 1.54) is 44.5 Å². The Bertz CT molecular complexity index is 874. The highest BCUT2D eigenvalue weighted by Crippen LogP contribution is 2.40. The summed E-state index contributed by atoms with van der Waals surface area (Å²) >= 11 is 0. The zero-order chi connectivity index (χ0) is 19.3. The van der Waals surface area contributed by atoms with Crippen molar-refractivity contribution in [1.82, 2.24) is 19.8 Å². The first kappa shape index (κ1) is 19.0. The number of nitrogens with zero attached hydrogens (tertiary/aromatic N) is 3. The van der Waals surface area contributed by atoms with Crippen LogP contribution in [0.2, 0.25) is 0 Å². The van der Waals surface area contributed by atoms with Crippen LogP contribution in [0.25, 0.3) is 0 Å². The summed E-state index contributed by atoms with van der Waals surface area (Å²) in [5.74, 6) is 1.86. The zero-order valence-corrected chi connectivity index (χ0v) is 16.5. The van der Waals surface area contributed by atoms with Gasteiger partial charge in [0.25, 0.3) is 0 Å². The average Bonchev–Trinajstić information content (AvgIpc) is 2.72. The Morgan fingerprint density at radius 1 is 1.14 bits per heavy atom. The van der Waals surface area contributed by atoms with Crippen LogP contribution in [0.4, 0.5) is 11.5 Å². The maximum atomic E-state index is 12.0. The summed E-state index contributed by atoms with van der Waals surface area (Å²) in [4.78, 5) is 18.6. The number of ether oxygens (including phenoxy) is 1. The van der Waals surface area contributed by atoms with Gasteiger partial charge in [-0.2, -0.15) is 4.98 Å². The molecule has 0 unspecified atom stereocenters. The van der Waals surface area contributed by atoms with Crippen LogP contribution in [0.5, 0.6) is 11.5 Å². The van der Waals surface area contributed by atoms with Gasteiger partial charge in [-0.3, -0.25) is 4.57 Å². The Morgan fingerprint density at radius 3 is 2.82 bits per heavy atom. The molecule has 2 N–H and O–H groups in total. The minimum atomic E-state index is -0.263. The van der Waals surface area contributed by atoms with E-state index in [9.17, 15) is 4.79 Å². The summed E-state index contributed by atoms with van der Waals surface area (Å²) < 4.78 is 7.49. The molecule has 7 heteroatoms. The maximum absolute atomic E-state index is 12.0. The number of aryl methyl sites for hydroxylation is 2. The lowest BCUT2D eigenvalue weighted by Crippen LogP contribution is -2.43. The molecular formula is C21H29N5O2. The highest BCUT2D eigenvalue weighted by molar-refractivity contribution is 5.72. The number of fused-ring (bicyclic) bond motifs is 2. The third-order valence-electron chi connectivity index (χ3n) is 5.47. The first-order chi connectivity index (χ1) is 13.7. The zero-order valence-electron chi connectivity index (χ0n) is 16.5. The van der Waals surface area contributed by atoms with Gasteiger partial charge in [0.15, 0.2) is 17.3 Å². The van der Waals surface area contributed by atoms with Gasteiger partial charge in [0.05, 0.1) is 11.9 Å². The molecule has 1 aromatic heterocycles. The van der Waals surface area contributed by atoms with Crippen molar-refractivity contribution in [3.8, 4) is 11.5 Å². The minimum Gasteiger partial charge on any atom is -0.450 e. The summed E-state index contributed by atoms with van der Waals surface area (Å²) in [5, 5.41) is 6.65. The van der Waals surface area contributed by atoms with Crippen molar-refractivity contribution in [3.63, 3.8) is 0 Å². The Morgan fingerprint density at radius 2 is 2.00 bits per heavy atom. The van der Waals surface area contributed by atoms with Crippen molar-refractivity contribution in [2.75, 3.05) is 38.0 Å². The molecule has 28 heavy (non-hydrogen) atoms. The molecule has 0 aliphatic carbocycles. The fraction of sp³-hybridized carbons (Fsp3) is 0.524. The van der Waals surface area contributed by atoms with E-state index >= 15 is 0 Å². The summed E-state index contributed by atoms with van der Waals surface area (Å²) in [5.41, 5.74) is 1.90. The number of aromatic nitrogens is 2. The largest absolute Gasteiger partial charge is 0.450 e. The summed E-state index contributed by atoms with van der Waals surface area (Å²) in [7, 11) is 0. The third kappa shape index (κ3) is 4.36. The average molecular weight is 383 g/mol. The Kier molecular flexibility index (Phi) is 5.92. The van der Waals surface area contributed by atoms with Crippen LogP contribution in [0.3, 0.4) is 0 Å². The molecule has 4 rings (SSSR count).